The largest absolute Gasteiger partial charge is 0.295 e. The smallest absolute Gasteiger partial charge is 0.282 e. The van der Waals surface area contributed by atoms with Gasteiger partial charge in [-0.05, 0) is 54.3 Å². The van der Waals surface area contributed by atoms with Gasteiger partial charge in [0.1, 0.15) is 4.90 Å². The summed E-state index contributed by atoms with van der Waals surface area (Å²) in [6, 6.07) is 9.71. The van der Waals surface area contributed by atoms with Crippen molar-refractivity contribution in [2.24, 2.45) is 0 Å². The lowest BCUT2D eigenvalue weighted by Gasteiger charge is -2.13. The first-order valence-electron chi connectivity index (χ1n) is 22.0. The molecule has 2 rings (SSSR count). The van der Waals surface area contributed by atoms with Crippen molar-refractivity contribution in [3.05, 3.63) is 41.5 Å². The van der Waals surface area contributed by atoms with Crippen molar-refractivity contribution < 1.29 is 13.0 Å². The molecule has 1 N–H and O–H groups in total. The van der Waals surface area contributed by atoms with Crippen molar-refractivity contribution >= 4 is 20.9 Å². The molecule has 3 nitrogen and oxygen atoms in total. The zero-order valence-corrected chi connectivity index (χ0v) is 33.9. The molecule has 0 aliphatic carbocycles. The minimum Gasteiger partial charge on any atom is -0.282 e. The average Bonchev–Trinajstić information content (AvgIpc) is 3.10. The lowest BCUT2D eigenvalue weighted by atomic mass is 9.94. The van der Waals surface area contributed by atoms with Gasteiger partial charge in [-0.2, -0.15) is 8.42 Å². The van der Waals surface area contributed by atoms with Gasteiger partial charge in [-0.3, -0.25) is 4.55 Å². The van der Waals surface area contributed by atoms with Gasteiger partial charge in [-0.25, -0.2) is 0 Å². The second kappa shape index (κ2) is 30.1. The fraction of sp³-hybridized carbons (Fsp3) is 0.783. The van der Waals surface area contributed by atoms with Crippen molar-refractivity contribution in [1.29, 1.82) is 0 Å². The van der Waals surface area contributed by atoms with E-state index in [0.717, 1.165) is 31.1 Å². The Bertz CT molecular complexity index is 1190. The Morgan fingerprint density at radius 2 is 0.760 bits per heavy atom. The van der Waals surface area contributed by atoms with Gasteiger partial charge >= 0.3 is 0 Å². The molecule has 0 radical (unpaired) electrons. The van der Waals surface area contributed by atoms with Crippen LogP contribution in [0.4, 0.5) is 0 Å². The predicted molar refractivity (Wildman–Crippen MR) is 220 cm³/mol. The minimum atomic E-state index is -4.27. The van der Waals surface area contributed by atoms with Gasteiger partial charge < -0.3 is 0 Å². The molecule has 0 aliphatic rings. The van der Waals surface area contributed by atoms with E-state index in [1.54, 1.807) is 12.1 Å². The zero-order valence-electron chi connectivity index (χ0n) is 33.1. The monoisotopic (exact) mass is 713 g/mol. The molecule has 0 bridgehead atoms. The molecular weight excluding hydrogens is 633 g/mol. The van der Waals surface area contributed by atoms with Crippen molar-refractivity contribution in [3.8, 4) is 0 Å². The molecule has 4 heteroatoms. The van der Waals surface area contributed by atoms with E-state index in [9.17, 15) is 13.0 Å². The van der Waals surface area contributed by atoms with Crippen LogP contribution in [0.2, 0.25) is 0 Å². The highest BCUT2D eigenvalue weighted by Crippen LogP contribution is 2.30. The molecule has 0 aromatic heterocycles. The van der Waals surface area contributed by atoms with Gasteiger partial charge in [-0.15, -0.1) is 0 Å². The SMILES string of the molecule is CCCCCCCCCCCCCCCCCCc1cc(CCCCCCCCCCCCCCCCCC)c2cccc(S(=O)(=O)O)c2c1. The van der Waals surface area contributed by atoms with Gasteiger partial charge in [0.15, 0.2) is 0 Å². The lowest BCUT2D eigenvalue weighted by molar-refractivity contribution is 0.484. The van der Waals surface area contributed by atoms with Crippen LogP contribution >= 0.6 is 0 Å². The zero-order chi connectivity index (χ0) is 36.0. The van der Waals surface area contributed by atoms with E-state index >= 15 is 0 Å². The van der Waals surface area contributed by atoms with E-state index < -0.39 is 10.1 Å². The second-order valence-corrected chi connectivity index (χ2v) is 17.1. The van der Waals surface area contributed by atoms with E-state index in [2.05, 4.69) is 19.9 Å². The van der Waals surface area contributed by atoms with Gasteiger partial charge in [0, 0.05) is 5.39 Å². The second-order valence-electron chi connectivity index (χ2n) is 15.7. The van der Waals surface area contributed by atoms with E-state index in [4.69, 9.17) is 0 Å². The van der Waals surface area contributed by atoms with Gasteiger partial charge in [0.25, 0.3) is 10.1 Å². The molecule has 288 valence electrons. The predicted octanol–water partition coefficient (Wildman–Crippen LogP) is 15.7. The molecule has 0 saturated carbocycles. The Hall–Kier alpha value is -1.39. The number of hydrogen-bond donors (Lipinski definition) is 1. The molecule has 0 heterocycles. The molecule has 50 heavy (non-hydrogen) atoms. The van der Waals surface area contributed by atoms with Crippen LogP contribution in [0.25, 0.3) is 10.8 Å². The number of fused-ring (bicyclic) bond motifs is 1. The summed E-state index contributed by atoms with van der Waals surface area (Å²) in [6.07, 6.45) is 45.5. The first-order chi connectivity index (χ1) is 24.5. The van der Waals surface area contributed by atoms with E-state index in [0.29, 0.717) is 5.39 Å². The maximum absolute atomic E-state index is 12.3. The first kappa shape index (κ1) is 44.8. The van der Waals surface area contributed by atoms with Crippen LogP contribution in [0.15, 0.2) is 35.2 Å². The molecule has 2 aromatic carbocycles. The fourth-order valence-electron chi connectivity index (χ4n) is 7.82. The number of hydrogen-bond acceptors (Lipinski definition) is 2. The summed E-state index contributed by atoms with van der Waals surface area (Å²) < 4.78 is 34.5. The van der Waals surface area contributed by atoms with Crippen molar-refractivity contribution in [2.45, 2.75) is 237 Å². The number of benzene rings is 2. The molecule has 0 spiro atoms. The highest BCUT2D eigenvalue weighted by molar-refractivity contribution is 7.86. The van der Waals surface area contributed by atoms with Gasteiger partial charge in [-0.1, -0.05) is 225 Å². The molecule has 0 unspecified atom stereocenters. The highest BCUT2D eigenvalue weighted by atomic mass is 32.2. The Kier molecular flexibility index (Phi) is 27.0. The van der Waals surface area contributed by atoms with Crippen LogP contribution in [-0.4, -0.2) is 13.0 Å². The Morgan fingerprint density at radius 1 is 0.420 bits per heavy atom. The summed E-state index contributed by atoms with van der Waals surface area (Å²) in [7, 11) is -4.27. The summed E-state index contributed by atoms with van der Waals surface area (Å²) >= 11 is 0. The van der Waals surface area contributed by atoms with Crippen LogP contribution in [0.1, 0.15) is 230 Å². The third-order valence-electron chi connectivity index (χ3n) is 11.0. The number of unbranched alkanes of at least 4 members (excludes halogenated alkanes) is 30. The topological polar surface area (TPSA) is 54.4 Å². The summed E-state index contributed by atoms with van der Waals surface area (Å²) in [4.78, 5) is 0.0528. The Morgan fingerprint density at radius 3 is 1.12 bits per heavy atom. The molecule has 0 aliphatic heterocycles. The van der Waals surface area contributed by atoms with Crippen molar-refractivity contribution in [2.75, 3.05) is 0 Å². The summed E-state index contributed by atoms with van der Waals surface area (Å²) in [5.74, 6) is 0. The molecule has 0 saturated heterocycles. The maximum atomic E-state index is 12.3. The quantitative estimate of drug-likeness (QED) is 0.0572. The standard InChI is InChI=1S/C46H80O3S/c1-3-5-7-9-11-13-15-17-19-21-23-25-27-29-31-33-36-42-40-43(44-38-35-39-46(45(44)41-42)50(47,48)49)37-34-32-30-28-26-24-22-20-18-16-14-12-10-8-6-4-2/h35,38-41H,3-34,36-37H2,1-2H3,(H,47,48,49). The first-order valence-corrected chi connectivity index (χ1v) is 23.4. The van der Waals surface area contributed by atoms with E-state index in [1.165, 1.54) is 204 Å². The summed E-state index contributed by atoms with van der Waals surface area (Å²) in [5, 5.41) is 1.67. The third kappa shape index (κ3) is 21.9. The van der Waals surface area contributed by atoms with Crippen LogP contribution < -0.4 is 0 Å². The molecular formula is C46H80O3S. The van der Waals surface area contributed by atoms with Gasteiger partial charge in [0.05, 0.1) is 0 Å². The maximum Gasteiger partial charge on any atom is 0.295 e. The Balaban J connectivity index is 1.64. The van der Waals surface area contributed by atoms with Crippen LogP contribution in [0.5, 0.6) is 0 Å². The van der Waals surface area contributed by atoms with Gasteiger partial charge in [0.2, 0.25) is 0 Å². The highest BCUT2D eigenvalue weighted by Gasteiger charge is 2.16. The lowest BCUT2D eigenvalue weighted by Crippen LogP contribution is -2.01. The molecule has 2 aromatic rings. The van der Waals surface area contributed by atoms with Crippen LogP contribution in [-0.2, 0) is 23.0 Å². The summed E-state index contributed by atoms with van der Waals surface area (Å²) in [6.45, 7) is 4.57. The van der Waals surface area contributed by atoms with Crippen LogP contribution in [0.3, 0.4) is 0 Å². The normalized spacial score (nSPS) is 12.0. The molecule has 0 amide bonds. The molecule has 0 atom stereocenters. The minimum absolute atomic E-state index is 0.0528. The average molecular weight is 713 g/mol. The fourth-order valence-corrected chi connectivity index (χ4v) is 8.52. The van der Waals surface area contributed by atoms with Crippen LogP contribution in [0, 0.1) is 0 Å². The van der Waals surface area contributed by atoms with E-state index in [1.807, 2.05) is 12.1 Å². The van der Waals surface area contributed by atoms with E-state index in [-0.39, 0.29) is 4.90 Å². The molecule has 0 fully saturated rings. The Labute approximate surface area is 311 Å². The summed E-state index contributed by atoms with van der Waals surface area (Å²) in [5.41, 5.74) is 2.45. The number of aryl methyl sites for hydroxylation is 2. The third-order valence-corrected chi connectivity index (χ3v) is 11.9. The number of rotatable bonds is 35. The van der Waals surface area contributed by atoms with Crippen molar-refractivity contribution in [1.82, 2.24) is 0 Å². The van der Waals surface area contributed by atoms with Crippen molar-refractivity contribution in [3.63, 3.8) is 0 Å².